The van der Waals surface area contributed by atoms with E-state index in [0.717, 1.165) is 42.4 Å². The third-order valence-electron chi connectivity index (χ3n) is 6.60. The summed E-state index contributed by atoms with van der Waals surface area (Å²) in [5, 5.41) is 0. The highest BCUT2D eigenvalue weighted by molar-refractivity contribution is 5.60. The number of nitrogens with zero attached hydrogens (tertiary/aromatic N) is 1. The van der Waals surface area contributed by atoms with E-state index < -0.39 is 0 Å². The second-order valence-electron chi connectivity index (χ2n) is 9.51. The molecule has 0 aliphatic heterocycles. The molecule has 0 N–H and O–H groups in total. The fraction of sp³-hybridized carbons (Fsp3) is 0.633. The first-order valence-electron chi connectivity index (χ1n) is 13.4. The predicted octanol–water partition coefficient (Wildman–Crippen LogP) is 9.42. The van der Waals surface area contributed by atoms with Crippen LogP contribution in [0.2, 0.25) is 0 Å². The lowest BCUT2D eigenvalue weighted by Gasteiger charge is -2.09. The van der Waals surface area contributed by atoms with E-state index >= 15 is 0 Å². The Kier molecular flexibility index (Phi) is 13.8. The first-order valence-corrected chi connectivity index (χ1v) is 13.4. The number of pyridine rings is 1. The molecule has 178 valence electrons. The number of ether oxygens (including phenoxy) is 1. The Morgan fingerprint density at radius 1 is 0.750 bits per heavy atom. The normalized spacial score (nSPS) is 12.1. The van der Waals surface area contributed by atoms with Crippen molar-refractivity contribution in [3.63, 3.8) is 0 Å². The fourth-order valence-electron chi connectivity index (χ4n) is 4.09. The minimum Gasteiger partial charge on any atom is -0.494 e. The average Bonchev–Trinajstić information content (AvgIpc) is 2.83. The standard InChI is InChI=1S/C30H47NO/c1-4-6-7-8-9-10-11-12-13-17-27-18-23-30(31-25-27)28-19-21-29(22-20-28)32-24-15-14-16-26(3)5-2/h18-23,25-26H,4-17,24H2,1-3H3. The van der Waals surface area contributed by atoms with Crippen molar-refractivity contribution in [2.75, 3.05) is 6.61 Å². The molecule has 2 rings (SSSR count). The number of aryl methyl sites for hydroxylation is 1. The molecule has 0 radical (unpaired) electrons. The molecule has 0 aliphatic carbocycles. The van der Waals surface area contributed by atoms with Gasteiger partial charge in [0.15, 0.2) is 0 Å². The average molecular weight is 438 g/mol. The summed E-state index contributed by atoms with van der Waals surface area (Å²) in [4.78, 5) is 4.71. The minimum atomic E-state index is 0.807. The molecule has 0 bridgehead atoms. The zero-order valence-electron chi connectivity index (χ0n) is 21.1. The first kappa shape index (κ1) is 26.4. The van der Waals surface area contributed by atoms with Crippen LogP contribution in [0.4, 0.5) is 0 Å². The van der Waals surface area contributed by atoms with E-state index in [2.05, 4.69) is 63.4 Å². The molecular weight excluding hydrogens is 390 g/mol. The molecule has 0 saturated carbocycles. The lowest BCUT2D eigenvalue weighted by atomic mass is 10.0. The molecule has 2 heteroatoms. The van der Waals surface area contributed by atoms with E-state index in [9.17, 15) is 0 Å². The van der Waals surface area contributed by atoms with Crippen molar-refractivity contribution >= 4 is 0 Å². The summed E-state index contributed by atoms with van der Waals surface area (Å²) >= 11 is 0. The summed E-state index contributed by atoms with van der Waals surface area (Å²) in [6.45, 7) is 7.69. The van der Waals surface area contributed by atoms with Gasteiger partial charge in [-0.3, -0.25) is 4.98 Å². The molecule has 1 aromatic heterocycles. The second kappa shape index (κ2) is 16.8. The molecule has 1 atom stereocenters. The molecule has 0 aliphatic rings. The zero-order valence-corrected chi connectivity index (χ0v) is 21.1. The van der Waals surface area contributed by atoms with E-state index in [-0.39, 0.29) is 0 Å². The van der Waals surface area contributed by atoms with Crippen molar-refractivity contribution in [2.24, 2.45) is 5.92 Å². The van der Waals surface area contributed by atoms with Crippen LogP contribution in [0.3, 0.4) is 0 Å². The van der Waals surface area contributed by atoms with Crippen molar-refractivity contribution in [3.8, 4) is 17.0 Å². The fourth-order valence-corrected chi connectivity index (χ4v) is 4.09. The molecule has 0 amide bonds. The van der Waals surface area contributed by atoms with E-state index in [1.165, 1.54) is 82.6 Å². The Hall–Kier alpha value is -1.83. The zero-order chi connectivity index (χ0) is 22.9. The molecule has 0 fully saturated rings. The van der Waals surface area contributed by atoms with Crippen molar-refractivity contribution < 1.29 is 4.74 Å². The Balaban J connectivity index is 1.62. The molecule has 2 aromatic rings. The summed E-state index contributed by atoms with van der Waals surface area (Å²) in [5.74, 6) is 1.79. The largest absolute Gasteiger partial charge is 0.494 e. The monoisotopic (exact) mass is 437 g/mol. The van der Waals surface area contributed by atoms with Gasteiger partial charge in [-0.05, 0) is 67.5 Å². The van der Waals surface area contributed by atoms with Crippen LogP contribution >= 0.6 is 0 Å². The summed E-state index contributed by atoms with van der Waals surface area (Å²) in [6.07, 6.45) is 20.6. The molecule has 1 aromatic carbocycles. The maximum absolute atomic E-state index is 5.91. The summed E-state index contributed by atoms with van der Waals surface area (Å²) in [6, 6.07) is 12.8. The molecule has 0 spiro atoms. The molecule has 32 heavy (non-hydrogen) atoms. The third-order valence-corrected chi connectivity index (χ3v) is 6.60. The highest BCUT2D eigenvalue weighted by Crippen LogP contribution is 2.22. The summed E-state index contributed by atoms with van der Waals surface area (Å²) in [7, 11) is 0. The number of hydrogen-bond acceptors (Lipinski definition) is 2. The molecule has 0 saturated heterocycles. The van der Waals surface area contributed by atoms with Crippen molar-refractivity contribution in [1.82, 2.24) is 4.98 Å². The van der Waals surface area contributed by atoms with E-state index in [4.69, 9.17) is 9.72 Å². The van der Waals surface area contributed by atoms with Gasteiger partial charge in [0.1, 0.15) is 5.75 Å². The van der Waals surface area contributed by atoms with Gasteiger partial charge < -0.3 is 4.74 Å². The molecular formula is C30H47NO. The van der Waals surface area contributed by atoms with E-state index in [0.29, 0.717) is 0 Å². The van der Waals surface area contributed by atoms with Gasteiger partial charge in [-0.1, -0.05) is 91.0 Å². The SMILES string of the molecule is CCCCCCCCCCCc1ccc(-c2ccc(OCCCCC(C)CC)cc2)nc1. The van der Waals surface area contributed by atoms with Gasteiger partial charge in [0.25, 0.3) is 0 Å². The predicted molar refractivity (Wildman–Crippen MR) is 139 cm³/mol. The van der Waals surface area contributed by atoms with Crippen molar-refractivity contribution in [3.05, 3.63) is 48.2 Å². The van der Waals surface area contributed by atoms with E-state index in [1.54, 1.807) is 0 Å². The van der Waals surface area contributed by atoms with Crippen LogP contribution in [0, 0.1) is 5.92 Å². The van der Waals surface area contributed by atoms with Crippen LogP contribution in [0.1, 0.15) is 110 Å². The van der Waals surface area contributed by atoms with Gasteiger partial charge in [-0.15, -0.1) is 0 Å². The van der Waals surface area contributed by atoms with Crippen LogP contribution in [0.25, 0.3) is 11.3 Å². The van der Waals surface area contributed by atoms with Crippen LogP contribution in [-0.2, 0) is 6.42 Å². The van der Waals surface area contributed by atoms with Crippen LogP contribution in [0.5, 0.6) is 5.75 Å². The van der Waals surface area contributed by atoms with Gasteiger partial charge >= 0.3 is 0 Å². The van der Waals surface area contributed by atoms with Crippen molar-refractivity contribution in [1.29, 1.82) is 0 Å². The Morgan fingerprint density at radius 3 is 2.06 bits per heavy atom. The highest BCUT2D eigenvalue weighted by Gasteiger charge is 2.03. The van der Waals surface area contributed by atoms with Crippen molar-refractivity contribution in [2.45, 2.75) is 111 Å². The number of benzene rings is 1. The maximum Gasteiger partial charge on any atom is 0.119 e. The Labute approximate surface area is 198 Å². The topological polar surface area (TPSA) is 22.1 Å². The number of rotatable bonds is 18. The van der Waals surface area contributed by atoms with Crippen LogP contribution in [-0.4, -0.2) is 11.6 Å². The quantitative estimate of drug-likeness (QED) is 0.217. The van der Waals surface area contributed by atoms with Gasteiger partial charge in [0, 0.05) is 11.8 Å². The Morgan fingerprint density at radius 2 is 1.44 bits per heavy atom. The van der Waals surface area contributed by atoms with Gasteiger partial charge in [0.05, 0.1) is 12.3 Å². The number of hydrogen-bond donors (Lipinski definition) is 0. The van der Waals surface area contributed by atoms with Crippen LogP contribution in [0.15, 0.2) is 42.6 Å². The maximum atomic E-state index is 5.91. The first-order chi connectivity index (χ1) is 15.7. The lowest BCUT2D eigenvalue weighted by Crippen LogP contribution is -1.99. The van der Waals surface area contributed by atoms with Crippen LogP contribution < -0.4 is 4.74 Å². The summed E-state index contributed by atoms with van der Waals surface area (Å²) in [5.41, 5.74) is 3.55. The lowest BCUT2D eigenvalue weighted by molar-refractivity contribution is 0.300. The molecule has 1 heterocycles. The number of unbranched alkanes of at least 4 members (excludes halogenated alkanes) is 9. The third kappa shape index (κ3) is 11.2. The molecule has 1 unspecified atom stereocenters. The van der Waals surface area contributed by atoms with Gasteiger partial charge in [-0.2, -0.15) is 0 Å². The van der Waals surface area contributed by atoms with Gasteiger partial charge in [-0.25, -0.2) is 0 Å². The Bertz CT molecular complexity index is 692. The molecule has 2 nitrogen and oxygen atoms in total. The number of aromatic nitrogens is 1. The smallest absolute Gasteiger partial charge is 0.119 e. The second-order valence-corrected chi connectivity index (χ2v) is 9.51. The minimum absolute atomic E-state index is 0.807. The van der Waals surface area contributed by atoms with Gasteiger partial charge in [0.2, 0.25) is 0 Å². The van der Waals surface area contributed by atoms with E-state index in [1.807, 2.05) is 0 Å². The highest BCUT2D eigenvalue weighted by atomic mass is 16.5. The summed E-state index contributed by atoms with van der Waals surface area (Å²) < 4.78 is 5.91.